The molecule has 0 N–H and O–H groups in total. The third-order valence-electron chi connectivity index (χ3n) is 4.37. The Morgan fingerprint density at radius 2 is 1.18 bits per heavy atom. The molecule has 0 saturated carbocycles. The standard InChI is InChI=1S/C17H36/c1-6-10-15(5)12-13-17(9-4)14-16(8-3)11-7-2/h15-17H,6-14H2,1-5H3. The molecule has 0 amide bonds. The topological polar surface area (TPSA) is 0 Å². The van der Waals surface area contributed by atoms with Crippen LogP contribution in [0.5, 0.6) is 0 Å². The van der Waals surface area contributed by atoms with E-state index in [9.17, 15) is 0 Å². The lowest BCUT2D eigenvalue weighted by Crippen LogP contribution is -2.09. The third kappa shape index (κ3) is 8.69. The molecule has 0 saturated heterocycles. The van der Waals surface area contributed by atoms with Crippen molar-refractivity contribution in [2.75, 3.05) is 0 Å². The molecular weight excluding hydrogens is 204 g/mol. The molecule has 0 heteroatoms. The monoisotopic (exact) mass is 240 g/mol. The number of hydrogen-bond donors (Lipinski definition) is 0. The van der Waals surface area contributed by atoms with Gasteiger partial charge in [0.25, 0.3) is 0 Å². The van der Waals surface area contributed by atoms with Crippen LogP contribution in [-0.4, -0.2) is 0 Å². The SMILES string of the molecule is CCCC(C)CCC(CC)CC(CC)CCC. The molecular formula is C17H36. The van der Waals surface area contributed by atoms with Gasteiger partial charge in [-0.25, -0.2) is 0 Å². The fourth-order valence-electron chi connectivity index (χ4n) is 3.01. The summed E-state index contributed by atoms with van der Waals surface area (Å²) in [5.74, 6) is 2.93. The van der Waals surface area contributed by atoms with Gasteiger partial charge in [-0.1, -0.05) is 86.0 Å². The molecule has 0 radical (unpaired) electrons. The summed E-state index contributed by atoms with van der Waals surface area (Å²) >= 11 is 0. The fraction of sp³-hybridized carbons (Fsp3) is 1.00. The second-order valence-corrected chi connectivity index (χ2v) is 6.04. The molecule has 0 aliphatic carbocycles. The van der Waals surface area contributed by atoms with Crippen molar-refractivity contribution in [2.24, 2.45) is 17.8 Å². The van der Waals surface area contributed by atoms with E-state index in [0.29, 0.717) is 0 Å². The minimum absolute atomic E-state index is 0.945. The van der Waals surface area contributed by atoms with Crippen LogP contribution in [0.2, 0.25) is 0 Å². The maximum atomic E-state index is 2.43. The minimum Gasteiger partial charge on any atom is -0.0654 e. The average molecular weight is 240 g/mol. The molecule has 0 aromatic carbocycles. The Kier molecular flexibility index (Phi) is 11.1. The normalized spacial score (nSPS) is 16.8. The zero-order valence-electron chi connectivity index (χ0n) is 13.1. The third-order valence-corrected chi connectivity index (χ3v) is 4.37. The minimum atomic E-state index is 0.945. The van der Waals surface area contributed by atoms with E-state index in [4.69, 9.17) is 0 Å². The Morgan fingerprint density at radius 1 is 0.647 bits per heavy atom. The first-order chi connectivity index (χ1) is 8.17. The van der Waals surface area contributed by atoms with Crippen LogP contribution >= 0.6 is 0 Å². The van der Waals surface area contributed by atoms with Gasteiger partial charge >= 0.3 is 0 Å². The van der Waals surface area contributed by atoms with Crippen LogP contribution in [0.1, 0.15) is 92.4 Å². The lowest BCUT2D eigenvalue weighted by molar-refractivity contribution is 0.298. The van der Waals surface area contributed by atoms with Crippen molar-refractivity contribution in [3.05, 3.63) is 0 Å². The molecule has 0 spiro atoms. The quantitative estimate of drug-likeness (QED) is 0.389. The molecule has 0 nitrogen and oxygen atoms in total. The van der Waals surface area contributed by atoms with E-state index < -0.39 is 0 Å². The number of rotatable bonds is 11. The summed E-state index contributed by atoms with van der Waals surface area (Å²) < 4.78 is 0. The van der Waals surface area contributed by atoms with E-state index in [1.54, 1.807) is 0 Å². The van der Waals surface area contributed by atoms with Gasteiger partial charge in [0, 0.05) is 0 Å². The molecule has 0 aliphatic rings. The van der Waals surface area contributed by atoms with Gasteiger partial charge in [-0.15, -0.1) is 0 Å². The maximum absolute atomic E-state index is 2.43. The Labute approximate surface area is 111 Å². The zero-order valence-corrected chi connectivity index (χ0v) is 13.1. The fourth-order valence-corrected chi connectivity index (χ4v) is 3.01. The van der Waals surface area contributed by atoms with Gasteiger partial charge < -0.3 is 0 Å². The smallest absolute Gasteiger partial charge is 0.0414 e. The van der Waals surface area contributed by atoms with Gasteiger partial charge in [-0.05, 0) is 24.2 Å². The average Bonchev–Trinajstić information content (AvgIpc) is 2.33. The van der Waals surface area contributed by atoms with Gasteiger partial charge in [-0.2, -0.15) is 0 Å². The van der Waals surface area contributed by atoms with E-state index >= 15 is 0 Å². The van der Waals surface area contributed by atoms with Crippen molar-refractivity contribution < 1.29 is 0 Å². The van der Waals surface area contributed by atoms with E-state index in [1.165, 1.54) is 57.8 Å². The van der Waals surface area contributed by atoms with Crippen LogP contribution in [0.3, 0.4) is 0 Å². The maximum Gasteiger partial charge on any atom is -0.0414 e. The second-order valence-electron chi connectivity index (χ2n) is 6.04. The summed E-state index contributed by atoms with van der Waals surface area (Å²) in [6, 6.07) is 0. The second kappa shape index (κ2) is 11.1. The van der Waals surface area contributed by atoms with Gasteiger partial charge in [-0.3, -0.25) is 0 Å². The predicted octanol–water partition coefficient (Wildman–Crippen LogP) is 6.45. The number of hydrogen-bond acceptors (Lipinski definition) is 0. The van der Waals surface area contributed by atoms with Crippen molar-refractivity contribution in [3.63, 3.8) is 0 Å². The summed E-state index contributed by atoms with van der Waals surface area (Å²) in [4.78, 5) is 0. The zero-order chi connectivity index (χ0) is 13.1. The highest BCUT2D eigenvalue weighted by atomic mass is 14.2. The van der Waals surface area contributed by atoms with Gasteiger partial charge in [0.15, 0.2) is 0 Å². The summed E-state index contributed by atoms with van der Waals surface area (Å²) in [6.07, 6.45) is 12.8. The molecule has 104 valence electrons. The lowest BCUT2D eigenvalue weighted by Gasteiger charge is -2.22. The molecule has 0 rings (SSSR count). The summed E-state index contributed by atoms with van der Waals surface area (Å²) in [5, 5.41) is 0. The molecule has 0 aromatic heterocycles. The van der Waals surface area contributed by atoms with Gasteiger partial charge in [0.2, 0.25) is 0 Å². The van der Waals surface area contributed by atoms with Crippen LogP contribution in [0, 0.1) is 17.8 Å². The lowest BCUT2D eigenvalue weighted by atomic mass is 9.83. The molecule has 3 atom stereocenters. The summed E-state index contributed by atoms with van der Waals surface area (Å²) in [7, 11) is 0. The van der Waals surface area contributed by atoms with E-state index in [1.807, 2.05) is 0 Å². The largest absolute Gasteiger partial charge is 0.0654 e. The van der Waals surface area contributed by atoms with Crippen LogP contribution in [0.4, 0.5) is 0 Å². The molecule has 0 bridgehead atoms. The highest BCUT2D eigenvalue weighted by molar-refractivity contribution is 4.66. The summed E-state index contributed by atoms with van der Waals surface area (Å²) in [5.41, 5.74) is 0. The highest BCUT2D eigenvalue weighted by Gasteiger charge is 2.14. The molecule has 0 fully saturated rings. The van der Waals surface area contributed by atoms with Crippen LogP contribution < -0.4 is 0 Å². The van der Waals surface area contributed by atoms with E-state index in [-0.39, 0.29) is 0 Å². The van der Waals surface area contributed by atoms with Crippen molar-refractivity contribution >= 4 is 0 Å². The van der Waals surface area contributed by atoms with Crippen LogP contribution in [0.25, 0.3) is 0 Å². The molecule has 0 heterocycles. The molecule has 17 heavy (non-hydrogen) atoms. The first-order valence-corrected chi connectivity index (χ1v) is 8.17. The first kappa shape index (κ1) is 17.0. The predicted molar refractivity (Wildman–Crippen MR) is 80.4 cm³/mol. The van der Waals surface area contributed by atoms with E-state index in [2.05, 4.69) is 34.6 Å². The van der Waals surface area contributed by atoms with Crippen LogP contribution in [-0.2, 0) is 0 Å². The first-order valence-electron chi connectivity index (χ1n) is 8.17. The Hall–Kier alpha value is 0. The molecule has 3 unspecified atom stereocenters. The highest BCUT2D eigenvalue weighted by Crippen LogP contribution is 2.27. The van der Waals surface area contributed by atoms with Crippen LogP contribution in [0.15, 0.2) is 0 Å². The van der Waals surface area contributed by atoms with Gasteiger partial charge in [0.1, 0.15) is 0 Å². The Bertz CT molecular complexity index is 150. The van der Waals surface area contributed by atoms with E-state index in [0.717, 1.165) is 17.8 Å². The Balaban J connectivity index is 3.88. The van der Waals surface area contributed by atoms with Gasteiger partial charge in [0.05, 0.1) is 0 Å². The van der Waals surface area contributed by atoms with Crippen molar-refractivity contribution in [1.29, 1.82) is 0 Å². The van der Waals surface area contributed by atoms with Crippen molar-refractivity contribution in [3.8, 4) is 0 Å². The van der Waals surface area contributed by atoms with Crippen molar-refractivity contribution in [1.82, 2.24) is 0 Å². The van der Waals surface area contributed by atoms with Crippen molar-refractivity contribution in [2.45, 2.75) is 92.4 Å². The summed E-state index contributed by atoms with van der Waals surface area (Å²) in [6.45, 7) is 11.8. The molecule has 0 aliphatic heterocycles. The Morgan fingerprint density at radius 3 is 1.65 bits per heavy atom. The molecule has 0 aromatic rings.